The maximum absolute atomic E-state index is 11.0. The zero-order valence-electron chi connectivity index (χ0n) is 11.5. The number of H-pyrrole nitrogens is 1. The van der Waals surface area contributed by atoms with Crippen LogP contribution in [-0.4, -0.2) is 36.9 Å². The van der Waals surface area contributed by atoms with Crippen LogP contribution in [0.3, 0.4) is 0 Å². The number of sulfone groups is 1. The Labute approximate surface area is 120 Å². The molecule has 0 aliphatic rings. The van der Waals surface area contributed by atoms with Crippen molar-refractivity contribution in [2.75, 3.05) is 18.6 Å². The van der Waals surface area contributed by atoms with Crippen molar-refractivity contribution in [1.29, 1.82) is 0 Å². The molecule has 0 unspecified atom stereocenters. The number of halogens is 1. The van der Waals surface area contributed by atoms with Crippen molar-refractivity contribution < 1.29 is 8.42 Å². The standard InChI is InChI=1S/C12H22ClN3O2S/c1-3-4-6-11-15-10(12(13)16-11)9-14-7-5-8-19(2,17)18/h14H,3-9H2,1-2H3,(H,15,16). The zero-order valence-corrected chi connectivity index (χ0v) is 13.1. The topological polar surface area (TPSA) is 74.8 Å². The molecule has 19 heavy (non-hydrogen) atoms. The number of aromatic amines is 1. The van der Waals surface area contributed by atoms with Crippen LogP contribution < -0.4 is 5.32 Å². The van der Waals surface area contributed by atoms with Crippen LogP contribution in [0.15, 0.2) is 0 Å². The second kappa shape index (κ2) is 7.87. The lowest BCUT2D eigenvalue weighted by atomic mass is 10.2. The van der Waals surface area contributed by atoms with E-state index in [0.29, 0.717) is 24.7 Å². The predicted octanol–water partition coefficient (Wildman–Crippen LogP) is 1.93. The molecule has 1 heterocycles. The molecule has 1 aromatic rings. The van der Waals surface area contributed by atoms with Crippen LogP contribution in [0.1, 0.15) is 37.7 Å². The van der Waals surface area contributed by atoms with E-state index in [1.807, 2.05) is 0 Å². The summed E-state index contributed by atoms with van der Waals surface area (Å²) in [6.07, 6.45) is 4.97. The summed E-state index contributed by atoms with van der Waals surface area (Å²) in [5.41, 5.74) is 0.868. The average molecular weight is 308 g/mol. The van der Waals surface area contributed by atoms with Crippen LogP contribution in [0.4, 0.5) is 0 Å². The van der Waals surface area contributed by atoms with Crippen molar-refractivity contribution in [2.24, 2.45) is 0 Å². The molecule has 0 bridgehead atoms. The van der Waals surface area contributed by atoms with Gasteiger partial charge in [0.15, 0.2) is 5.15 Å². The van der Waals surface area contributed by atoms with Crippen LogP contribution in [0.5, 0.6) is 0 Å². The van der Waals surface area contributed by atoms with Gasteiger partial charge in [-0.3, -0.25) is 0 Å². The van der Waals surface area contributed by atoms with E-state index >= 15 is 0 Å². The molecule has 0 amide bonds. The molecule has 110 valence electrons. The van der Waals surface area contributed by atoms with Gasteiger partial charge in [-0.25, -0.2) is 13.4 Å². The van der Waals surface area contributed by atoms with Gasteiger partial charge in [0.2, 0.25) is 0 Å². The van der Waals surface area contributed by atoms with Crippen molar-refractivity contribution in [2.45, 2.75) is 39.2 Å². The highest BCUT2D eigenvalue weighted by Crippen LogP contribution is 2.13. The molecule has 5 nitrogen and oxygen atoms in total. The molecular weight excluding hydrogens is 286 g/mol. The van der Waals surface area contributed by atoms with Crippen LogP contribution in [0, 0.1) is 0 Å². The van der Waals surface area contributed by atoms with E-state index in [1.165, 1.54) is 6.26 Å². The summed E-state index contributed by atoms with van der Waals surface area (Å²) < 4.78 is 21.9. The van der Waals surface area contributed by atoms with Gasteiger partial charge in [-0.15, -0.1) is 0 Å². The van der Waals surface area contributed by atoms with Crippen molar-refractivity contribution >= 4 is 21.4 Å². The summed E-state index contributed by atoms with van der Waals surface area (Å²) >= 11 is 6.03. The maximum atomic E-state index is 11.0. The van der Waals surface area contributed by atoms with Gasteiger partial charge < -0.3 is 10.3 Å². The summed E-state index contributed by atoms with van der Waals surface area (Å²) in [6.45, 7) is 3.36. The van der Waals surface area contributed by atoms with E-state index in [1.54, 1.807) is 0 Å². The van der Waals surface area contributed by atoms with Gasteiger partial charge in [-0.1, -0.05) is 24.9 Å². The third kappa shape index (κ3) is 6.94. The van der Waals surface area contributed by atoms with E-state index in [4.69, 9.17) is 11.6 Å². The number of nitrogens with one attached hydrogen (secondary N) is 2. The van der Waals surface area contributed by atoms with Crippen molar-refractivity contribution in [3.05, 3.63) is 16.7 Å². The van der Waals surface area contributed by atoms with Crippen molar-refractivity contribution in [3.63, 3.8) is 0 Å². The molecule has 0 atom stereocenters. The Hall–Kier alpha value is -0.590. The first-order chi connectivity index (χ1) is 8.92. The Morgan fingerprint density at radius 2 is 2.11 bits per heavy atom. The minimum Gasteiger partial charge on any atom is -0.344 e. The summed E-state index contributed by atoms with van der Waals surface area (Å²) in [4.78, 5) is 7.46. The lowest BCUT2D eigenvalue weighted by molar-refractivity contribution is 0.593. The fourth-order valence-electron chi connectivity index (χ4n) is 1.69. The number of nitrogens with zero attached hydrogens (tertiary/aromatic N) is 1. The molecule has 1 rings (SSSR count). The second-order valence-electron chi connectivity index (χ2n) is 4.72. The zero-order chi connectivity index (χ0) is 14.3. The summed E-state index contributed by atoms with van der Waals surface area (Å²) in [5.74, 6) is 1.12. The number of imidazole rings is 1. The average Bonchev–Trinajstić information content (AvgIpc) is 2.66. The van der Waals surface area contributed by atoms with Gasteiger partial charge in [0, 0.05) is 19.2 Å². The van der Waals surface area contributed by atoms with Gasteiger partial charge in [0.1, 0.15) is 15.7 Å². The van der Waals surface area contributed by atoms with E-state index in [-0.39, 0.29) is 5.75 Å². The van der Waals surface area contributed by atoms with E-state index in [0.717, 1.165) is 30.8 Å². The lowest BCUT2D eigenvalue weighted by Crippen LogP contribution is -2.18. The van der Waals surface area contributed by atoms with Crippen LogP contribution >= 0.6 is 11.6 Å². The van der Waals surface area contributed by atoms with Crippen LogP contribution in [0.25, 0.3) is 0 Å². The Morgan fingerprint density at radius 1 is 1.37 bits per heavy atom. The first-order valence-electron chi connectivity index (χ1n) is 6.54. The molecule has 0 spiro atoms. The molecule has 0 radical (unpaired) electrons. The largest absolute Gasteiger partial charge is 0.344 e. The van der Waals surface area contributed by atoms with Crippen LogP contribution in [0.2, 0.25) is 5.15 Å². The third-order valence-corrected chi connectivity index (χ3v) is 4.06. The minimum absolute atomic E-state index is 0.207. The first kappa shape index (κ1) is 16.5. The lowest BCUT2D eigenvalue weighted by Gasteiger charge is -2.02. The van der Waals surface area contributed by atoms with Gasteiger partial charge in [-0.05, 0) is 19.4 Å². The third-order valence-electron chi connectivity index (χ3n) is 2.71. The molecule has 0 aromatic carbocycles. The summed E-state index contributed by atoms with van der Waals surface area (Å²) in [7, 11) is -2.87. The quantitative estimate of drug-likeness (QED) is 0.684. The van der Waals surface area contributed by atoms with Gasteiger partial charge in [0.25, 0.3) is 0 Å². The fourth-order valence-corrected chi connectivity index (χ4v) is 2.58. The number of rotatable bonds is 9. The van der Waals surface area contributed by atoms with Crippen molar-refractivity contribution in [1.82, 2.24) is 15.3 Å². The maximum Gasteiger partial charge on any atom is 0.151 e. The highest BCUT2D eigenvalue weighted by atomic mass is 35.5. The van der Waals surface area contributed by atoms with Gasteiger partial charge in [0.05, 0.1) is 11.4 Å². The van der Waals surface area contributed by atoms with Crippen LogP contribution in [-0.2, 0) is 22.8 Å². The molecule has 0 saturated heterocycles. The molecule has 0 aliphatic carbocycles. The smallest absolute Gasteiger partial charge is 0.151 e. The Morgan fingerprint density at radius 3 is 2.74 bits per heavy atom. The summed E-state index contributed by atoms with van der Waals surface area (Å²) in [6, 6.07) is 0. The van der Waals surface area contributed by atoms with Gasteiger partial charge in [-0.2, -0.15) is 0 Å². The van der Waals surface area contributed by atoms with E-state index in [9.17, 15) is 8.42 Å². The minimum atomic E-state index is -2.87. The van der Waals surface area contributed by atoms with E-state index < -0.39 is 9.84 Å². The normalized spacial score (nSPS) is 11.9. The number of aromatic nitrogens is 2. The SMILES string of the molecule is CCCCc1nc(Cl)c(CNCCCS(C)(=O)=O)[nH]1. The highest BCUT2D eigenvalue weighted by Gasteiger charge is 2.07. The predicted molar refractivity (Wildman–Crippen MR) is 78.2 cm³/mol. The number of hydrogen-bond donors (Lipinski definition) is 2. The Balaban J connectivity index is 2.31. The second-order valence-corrected chi connectivity index (χ2v) is 7.33. The van der Waals surface area contributed by atoms with E-state index in [2.05, 4.69) is 22.2 Å². The number of aryl methyl sites for hydroxylation is 1. The molecule has 0 saturated carbocycles. The number of hydrogen-bond acceptors (Lipinski definition) is 4. The highest BCUT2D eigenvalue weighted by molar-refractivity contribution is 7.90. The Kier molecular flexibility index (Phi) is 6.82. The fraction of sp³-hybridized carbons (Fsp3) is 0.750. The molecule has 0 aliphatic heterocycles. The summed E-state index contributed by atoms with van der Waals surface area (Å²) in [5, 5.41) is 3.67. The monoisotopic (exact) mass is 307 g/mol. The molecule has 0 fully saturated rings. The molecule has 2 N–H and O–H groups in total. The number of unbranched alkanes of at least 4 members (excludes halogenated alkanes) is 1. The Bertz CT molecular complexity index is 485. The molecular formula is C12H22ClN3O2S. The molecule has 1 aromatic heterocycles. The van der Waals surface area contributed by atoms with Crippen molar-refractivity contribution in [3.8, 4) is 0 Å². The molecule has 7 heteroatoms. The first-order valence-corrected chi connectivity index (χ1v) is 8.98. The van der Waals surface area contributed by atoms with Gasteiger partial charge >= 0.3 is 0 Å².